The SMILES string of the molecule is CN=CC(=CN)N1CCc2nc(-c3ccc(N4CCC(F)C4)cc3)sc2C1=O. The molecule has 0 bridgehead atoms. The van der Waals surface area contributed by atoms with Crippen LogP contribution >= 0.6 is 11.3 Å². The molecule has 6 nitrogen and oxygen atoms in total. The monoisotopic (exact) mass is 399 g/mol. The minimum absolute atomic E-state index is 0.0933. The van der Waals surface area contributed by atoms with E-state index in [1.807, 2.05) is 24.3 Å². The highest BCUT2D eigenvalue weighted by atomic mass is 32.1. The number of carbonyl (C=O) groups is 1. The van der Waals surface area contributed by atoms with Crippen molar-refractivity contribution in [2.45, 2.75) is 19.0 Å². The average molecular weight is 399 g/mol. The highest BCUT2D eigenvalue weighted by Crippen LogP contribution is 2.33. The maximum Gasteiger partial charge on any atom is 0.270 e. The Morgan fingerprint density at radius 2 is 2.14 bits per heavy atom. The Bertz CT molecular complexity index is 937. The number of amides is 1. The first kappa shape index (κ1) is 18.6. The number of allylic oxidation sites excluding steroid dienone is 1. The summed E-state index contributed by atoms with van der Waals surface area (Å²) in [5, 5.41) is 0.818. The molecule has 2 aromatic rings. The Kier molecular flexibility index (Phi) is 5.13. The first-order valence-corrected chi connectivity index (χ1v) is 10.1. The van der Waals surface area contributed by atoms with Crippen molar-refractivity contribution in [3.63, 3.8) is 0 Å². The van der Waals surface area contributed by atoms with Crippen LogP contribution in [0.3, 0.4) is 0 Å². The molecule has 1 amide bonds. The van der Waals surface area contributed by atoms with Crippen molar-refractivity contribution in [3.05, 3.63) is 46.7 Å². The molecule has 3 heterocycles. The molecule has 0 aliphatic carbocycles. The number of anilines is 1. The molecule has 4 rings (SSSR count). The quantitative estimate of drug-likeness (QED) is 0.803. The van der Waals surface area contributed by atoms with E-state index in [9.17, 15) is 9.18 Å². The predicted octanol–water partition coefficient (Wildman–Crippen LogP) is 2.86. The van der Waals surface area contributed by atoms with E-state index < -0.39 is 6.17 Å². The average Bonchev–Trinajstić information content (AvgIpc) is 3.34. The Morgan fingerprint density at radius 3 is 2.79 bits per heavy atom. The van der Waals surface area contributed by atoms with Gasteiger partial charge in [0.05, 0.1) is 11.4 Å². The third-order valence-electron chi connectivity index (χ3n) is 5.06. The smallest absolute Gasteiger partial charge is 0.270 e. The molecule has 0 radical (unpaired) electrons. The molecule has 1 fully saturated rings. The van der Waals surface area contributed by atoms with Gasteiger partial charge in [-0.1, -0.05) is 0 Å². The summed E-state index contributed by atoms with van der Waals surface area (Å²) >= 11 is 1.40. The van der Waals surface area contributed by atoms with Gasteiger partial charge in [0.15, 0.2) is 0 Å². The van der Waals surface area contributed by atoms with Crippen LogP contribution in [0.25, 0.3) is 10.6 Å². The third kappa shape index (κ3) is 3.40. The molecule has 1 saturated heterocycles. The second kappa shape index (κ2) is 7.71. The van der Waals surface area contributed by atoms with Gasteiger partial charge in [0.2, 0.25) is 0 Å². The number of carbonyl (C=O) groups excluding carboxylic acids is 1. The van der Waals surface area contributed by atoms with Crippen LogP contribution in [-0.4, -0.2) is 54.9 Å². The lowest BCUT2D eigenvalue weighted by Crippen LogP contribution is -2.37. The number of alkyl halides is 1. The molecule has 28 heavy (non-hydrogen) atoms. The fraction of sp³-hybridized carbons (Fsp3) is 0.350. The Hall–Kier alpha value is -2.74. The molecule has 2 aliphatic heterocycles. The van der Waals surface area contributed by atoms with Gasteiger partial charge >= 0.3 is 0 Å². The minimum Gasteiger partial charge on any atom is -0.403 e. The lowest BCUT2D eigenvalue weighted by molar-refractivity contribution is 0.0805. The number of aromatic nitrogens is 1. The van der Waals surface area contributed by atoms with Crippen molar-refractivity contribution < 1.29 is 9.18 Å². The van der Waals surface area contributed by atoms with Crippen molar-refractivity contribution in [1.82, 2.24) is 9.88 Å². The molecule has 8 heteroatoms. The van der Waals surface area contributed by atoms with Gasteiger partial charge in [0, 0.05) is 56.8 Å². The molecule has 1 unspecified atom stereocenters. The van der Waals surface area contributed by atoms with Gasteiger partial charge in [-0.25, -0.2) is 9.37 Å². The van der Waals surface area contributed by atoms with E-state index in [0.29, 0.717) is 36.5 Å². The van der Waals surface area contributed by atoms with E-state index in [0.717, 1.165) is 28.5 Å². The van der Waals surface area contributed by atoms with Gasteiger partial charge in [-0.15, -0.1) is 11.3 Å². The number of nitrogens with two attached hydrogens (primary N) is 1. The van der Waals surface area contributed by atoms with Crippen LogP contribution in [0, 0.1) is 0 Å². The maximum absolute atomic E-state index is 13.4. The van der Waals surface area contributed by atoms with Gasteiger partial charge in [-0.3, -0.25) is 9.79 Å². The molecule has 0 spiro atoms. The third-order valence-corrected chi connectivity index (χ3v) is 6.20. The number of hydrogen-bond acceptors (Lipinski definition) is 6. The van der Waals surface area contributed by atoms with Crippen LogP contribution in [0.15, 0.2) is 41.2 Å². The lowest BCUT2D eigenvalue weighted by Gasteiger charge is -2.26. The standard InChI is InChI=1S/C20H22FN5OS/c1-23-11-16(10-22)26-9-7-17-18(20(26)27)28-19(24-17)13-2-4-15(5-3-13)25-8-6-14(21)12-25/h2-5,10-11,14H,6-9,12,22H2,1H3. The summed E-state index contributed by atoms with van der Waals surface area (Å²) in [5.41, 5.74) is 9.06. The van der Waals surface area contributed by atoms with Gasteiger partial charge in [-0.2, -0.15) is 0 Å². The van der Waals surface area contributed by atoms with Crippen LogP contribution in [0.2, 0.25) is 0 Å². The highest BCUT2D eigenvalue weighted by Gasteiger charge is 2.30. The van der Waals surface area contributed by atoms with Crippen LogP contribution in [0.4, 0.5) is 10.1 Å². The molecular formula is C20H22FN5OS. The molecule has 1 atom stereocenters. The van der Waals surface area contributed by atoms with Gasteiger partial charge < -0.3 is 15.5 Å². The molecule has 2 aliphatic rings. The van der Waals surface area contributed by atoms with E-state index >= 15 is 0 Å². The molecule has 1 aromatic carbocycles. The molecule has 2 N–H and O–H groups in total. The fourth-order valence-corrected chi connectivity index (χ4v) is 4.67. The number of benzene rings is 1. The maximum atomic E-state index is 13.4. The summed E-state index contributed by atoms with van der Waals surface area (Å²) in [4.78, 5) is 25.9. The number of halogens is 1. The lowest BCUT2D eigenvalue weighted by atomic mass is 10.1. The molecular weight excluding hydrogens is 377 g/mol. The predicted molar refractivity (Wildman–Crippen MR) is 111 cm³/mol. The van der Waals surface area contributed by atoms with E-state index in [1.54, 1.807) is 18.2 Å². The highest BCUT2D eigenvalue weighted by molar-refractivity contribution is 7.17. The van der Waals surface area contributed by atoms with E-state index in [4.69, 9.17) is 5.73 Å². The summed E-state index contributed by atoms with van der Waals surface area (Å²) in [6.07, 6.45) is 3.50. The first-order chi connectivity index (χ1) is 13.6. The Morgan fingerprint density at radius 1 is 1.36 bits per heavy atom. The second-order valence-corrected chi connectivity index (χ2v) is 7.86. The topological polar surface area (TPSA) is 74.8 Å². The zero-order valence-electron chi connectivity index (χ0n) is 15.6. The Labute approximate surface area is 167 Å². The van der Waals surface area contributed by atoms with Gasteiger partial charge in [0.25, 0.3) is 5.91 Å². The number of aliphatic imine (C=N–C) groups is 1. The number of rotatable bonds is 4. The molecule has 0 saturated carbocycles. The van der Waals surface area contributed by atoms with Crippen molar-refractivity contribution in [2.24, 2.45) is 10.7 Å². The number of fused-ring (bicyclic) bond motifs is 1. The normalized spacial score (nSPS) is 20.3. The number of thiazole rings is 1. The van der Waals surface area contributed by atoms with Crippen LogP contribution in [0.1, 0.15) is 21.8 Å². The zero-order chi connectivity index (χ0) is 19.7. The van der Waals surface area contributed by atoms with E-state index in [2.05, 4.69) is 14.9 Å². The summed E-state index contributed by atoms with van der Waals surface area (Å²) in [6, 6.07) is 7.97. The van der Waals surface area contributed by atoms with Crippen LogP contribution in [0.5, 0.6) is 0 Å². The summed E-state index contributed by atoms with van der Waals surface area (Å²) in [6.45, 7) is 1.73. The minimum atomic E-state index is -0.746. The van der Waals surface area contributed by atoms with Crippen LogP contribution < -0.4 is 10.6 Å². The number of nitrogens with zero attached hydrogens (tertiary/aromatic N) is 4. The molecule has 1 aromatic heterocycles. The second-order valence-electron chi connectivity index (χ2n) is 6.86. The largest absolute Gasteiger partial charge is 0.403 e. The van der Waals surface area contributed by atoms with Gasteiger partial charge in [-0.05, 0) is 30.7 Å². The van der Waals surface area contributed by atoms with Crippen molar-refractivity contribution >= 4 is 29.1 Å². The molecule has 146 valence electrons. The summed E-state index contributed by atoms with van der Waals surface area (Å²) in [5.74, 6) is -0.0933. The Balaban J connectivity index is 1.57. The summed E-state index contributed by atoms with van der Waals surface area (Å²) in [7, 11) is 1.65. The van der Waals surface area contributed by atoms with E-state index in [-0.39, 0.29) is 5.91 Å². The number of hydrogen-bond donors (Lipinski definition) is 1. The van der Waals surface area contributed by atoms with Crippen molar-refractivity contribution in [1.29, 1.82) is 0 Å². The van der Waals surface area contributed by atoms with E-state index in [1.165, 1.54) is 17.5 Å². The van der Waals surface area contributed by atoms with Gasteiger partial charge in [0.1, 0.15) is 16.1 Å². The van der Waals surface area contributed by atoms with Crippen molar-refractivity contribution in [2.75, 3.05) is 31.6 Å². The van der Waals surface area contributed by atoms with Crippen LogP contribution in [-0.2, 0) is 6.42 Å². The van der Waals surface area contributed by atoms with Crippen molar-refractivity contribution in [3.8, 4) is 10.6 Å². The zero-order valence-corrected chi connectivity index (χ0v) is 16.5. The fourth-order valence-electron chi connectivity index (χ4n) is 3.60. The summed E-state index contributed by atoms with van der Waals surface area (Å²) < 4.78 is 13.4. The first-order valence-electron chi connectivity index (χ1n) is 9.25.